The standard InChI is InChI=1S/C44H66ClN3O9Si/c1-11-58(12-2,13-3)56-29-44(8)28-46-40(50)35(24-32-19-22-38(54-10)34(45)23-32)47-39(49)16-14-15-37(57-41(51)36(48-42(44)52)25-43(5,6)7)30(4)26-55-27-31-17-20-33(53-9)21-18-31/h14,16-23,30,35-37H,11-13,15,24-29H2,1-10H3,(H,46,50)(H,47,49)(H,48,52)/b16-14+/t30?,35-,36+,37+,44?/m1/s1. The van der Waals surface area contributed by atoms with E-state index in [2.05, 4.69) is 36.7 Å². The molecule has 2 aromatic carbocycles. The monoisotopic (exact) mass is 843 g/mol. The first-order chi connectivity index (χ1) is 27.4. The summed E-state index contributed by atoms with van der Waals surface area (Å²) in [4.78, 5) is 56.2. The fourth-order valence-electron chi connectivity index (χ4n) is 6.74. The van der Waals surface area contributed by atoms with Gasteiger partial charge in [0.25, 0.3) is 0 Å². The van der Waals surface area contributed by atoms with Crippen LogP contribution < -0.4 is 25.4 Å². The number of carbonyl (C=O) groups excluding carboxylic acids is 4. The smallest absolute Gasteiger partial charge is 0.328 e. The van der Waals surface area contributed by atoms with Gasteiger partial charge < -0.3 is 39.3 Å². The van der Waals surface area contributed by atoms with Crippen LogP contribution in [0.3, 0.4) is 0 Å². The van der Waals surface area contributed by atoms with Crippen molar-refractivity contribution in [1.29, 1.82) is 0 Å². The third-order valence-electron chi connectivity index (χ3n) is 10.9. The molecule has 0 bridgehead atoms. The maximum absolute atomic E-state index is 14.5. The minimum atomic E-state index is -2.20. The summed E-state index contributed by atoms with van der Waals surface area (Å²) in [5.41, 5.74) is -0.0164. The van der Waals surface area contributed by atoms with Gasteiger partial charge in [-0.05, 0) is 78.4 Å². The second kappa shape index (κ2) is 22.5. The average Bonchev–Trinajstić information content (AvgIpc) is 3.19. The largest absolute Gasteiger partial charge is 0.497 e. The molecule has 12 nitrogen and oxygen atoms in total. The fourth-order valence-corrected chi connectivity index (χ4v) is 9.76. The Balaban J connectivity index is 2.02. The lowest BCUT2D eigenvalue weighted by molar-refractivity contribution is -0.158. The predicted octanol–water partition coefficient (Wildman–Crippen LogP) is 7.17. The van der Waals surface area contributed by atoms with E-state index in [1.165, 1.54) is 13.2 Å². The Hall–Kier alpha value is -3.91. The van der Waals surface area contributed by atoms with Gasteiger partial charge in [-0.1, -0.05) is 84.3 Å². The van der Waals surface area contributed by atoms with Gasteiger partial charge in [-0.25, -0.2) is 4.79 Å². The number of nitrogens with one attached hydrogen (secondary N) is 3. The van der Waals surface area contributed by atoms with Crippen LogP contribution in [0.15, 0.2) is 54.6 Å². The van der Waals surface area contributed by atoms with Crippen molar-refractivity contribution >= 4 is 43.6 Å². The van der Waals surface area contributed by atoms with Crippen LogP contribution in [0, 0.1) is 16.7 Å². The molecule has 3 rings (SSSR count). The zero-order valence-electron chi connectivity index (χ0n) is 36.1. The van der Waals surface area contributed by atoms with E-state index in [4.69, 9.17) is 35.0 Å². The van der Waals surface area contributed by atoms with Gasteiger partial charge in [0.05, 0.1) is 37.9 Å². The van der Waals surface area contributed by atoms with E-state index in [1.54, 1.807) is 38.3 Å². The van der Waals surface area contributed by atoms with Crippen LogP contribution in [0.2, 0.25) is 23.2 Å². The molecule has 3 amide bonds. The van der Waals surface area contributed by atoms with Crippen molar-refractivity contribution in [3.8, 4) is 11.5 Å². The molecule has 1 aliphatic rings. The molecule has 1 heterocycles. The molecule has 0 saturated carbocycles. The molecular weight excluding hydrogens is 778 g/mol. The number of halogens is 1. The van der Waals surface area contributed by atoms with Gasteiger partial charge in [0.2, 0.25) is 17.7 Å². The molecule has 58 heavy (non-hydrogen) atoms. The highest BCUT2D eigenvalue weighted by molar-refractivity contribution is 6.73. The normalized spacial score (nSPS) is 22.6. The van der Waals surface area contributed by atoms with Gasteiger partial charge in [-0.3, -0.25) is 14.4 Å². The number of rotatable bonds is 16. The number of hydrogen-bond donors (Lipinski definition) is 3. The Morgan fingerprint density at radius 2 is 1.59 bits per heavy atom. The Labute approximate surface area is 351 Å². The molecule has 3 N–H and O–H groups in total. The van der Waals surface area contributed by atoms with Gasteiger partial charge in [0.15, 0.2) is 8.32 Å². The summed E-state index contributed by atoms with van der Waals surface area (Å²) in [5, 5.41) is 9.16. The highest BCUT2D eigenvalue weighted by atomic mass is 35.5. The molecule has 0 saturated heterocycles. The van der Waals surface area contributed by atoms with E-state index in [0.29, 0.717) is 22.9 Å². The van der Waals surface area contributed by atoms with Crippen LogP contribution in [0.5, 0.6) is 11.5 Å². The van der Waals surface area contributed by atoms with Crippen molar-refractivity contribution in [2.45, 2.75) is 118 Å². The number of esters is 1. The lowest BCUT2D eigenvalue weighted by Gasteiger charge is -2.37. The lowest BCUT2D eigenvalue weighted by atomic mass is 9.86. The summed E-state index contributed by atoms with van der Waals surface area (Å²) >= 11 is 6.43. The summed E-state index contributed by atoms with van der Waals surface area (Å²) in [6.07, 6.45) is 2.84. The van der Waals surface area contributed by atoms with Crippen molar-refractivity contribution in [2.24, 2.45) is 16.7 Å². The van der Waals surface area contributed by atoms with Crippen molar-refractivity contribution in [3.63, 3.8) is 0 Å². The Bertz CT molecular complexity index is 1690. The second-order valence-corrected chi connectivity index (χ2v) is 22.0. The summed E-state index contributed by atoms with van der Waals surface area (Å²) < 4.78 is 29.5. The van der Waals surface area contributed by atoms with Crippen LogP contribution in [-0.2, 0) is 46.1 Å². The number of amides is 3. The van der Waals surface area contributed by atoms with E-state index >= 15 is 0 Å². The molecule has 14 heteroatoms. The molecule has 0 spiro atoms. The van der Waals surface area contributed by atoms with E-state index in [9.17, 15) is 19.2 Å². The van der Waals surface area contributed by atoms with E-state index in [1.807, 2.05) is 52.0 Å². The van der Waals surface area contributed by atoms with Gasteiger partial charge in [-0.2, -0.15) is 0 Å². The number of benzene rings is 2. The molecule has 0 fully saturated rings. The number of hydrogen-bond acceptors (Lipinski definition) is 9. The van der Waals surface area contributed by atoms with Gasteiger partial charge in [-0.15, -0.1) is 0 Å². The van der Waals surface area contributed by atoms with Crippen molar-refractivity contribution < 1.29 is 42.6 Å². The minimum Gasteiger partial charge on any atom is -0.497 e. The summed E-state index contributed by atoms with van der Waals surface area (Å²) in [7, 11) is 0.929. The van der Waals surface area contributed by atoms with E-state index < -0.39 is 55.6 Å². The minimum absolute atomic E-state index is 0.0250. The second-order valence-electron chi connectivity index (χ2n) is 16.8. The molecule has 2 unspecified atom stereocenters. The van der Waals surface area contributed by atoms with Crippen LogP contribution in [-0.4, -0.2) is 84.2 Å². The van der Waals surface area contributed by atoms with Gasteiger partial charge in [0.1, 0.15) is 29.7 Å². The van der Waals surface area contributed by atoms with E-state index in [-0.39, 0.29) is 50.4 Å². The van der Waals surface area contributed by atoms with Crippen LogP contribution >= 0.6 is 11.6 Å². The summed E-state index contributed by atoms with van der Waals surface area (Å²) in [6.45, 7) is 16.4. The highest BCUT2D eigenvalue weighted by Gasteiger charge is 2.42. The maximum atomic E-state index is 14.5. The average molecular weight is 845 g/mol. The number of methoxy groups -OCH3 is 2. The topological polar surface area (TPSA) is 151 Å². The van der Waals surface area contributed by atoms with Crippen LogP contribution in [0.4, 0.5) is 0 Å². The van der Waals surface area contributed by atoms with Crippen LogP contribution in [0.1, 0.15) is 79.4 Å². The molecule has 0 aromatic heterocycles. The first kappa shape index (κ1) is 48.5. The quantitative estimate of drug-likeness (QED) is 0.118. The van der Waals surface area contributed by atoms with Crippen molar-refractivity contribution in [2.75, 3.05) is 34.0 Å². The predicted molar refractivity (Wildman–Crippen MR) is 229 cm³/mol. The molecule has 0 radical (unpaired) electrons. The van der Waals surface area contributed by atoms with Gasteiger partial charge >= 0.3 is 5.97 Å². The van der Waals surface area contributed by atoms with Crippen LogP contribution in [0.25, 0.3) is 0 Å². The maximum Gasteiger partial charge on any atom is 0.328 e. The third-order valence-corrected chi connectivity index (χ3v) is 15.8. The zero-order chi connectivity index (χ0) is 43.1. The molecular formula is C44H66ClN3O9Si. The Morgan fingerprint density at radius 1 is 0.931 bits per heavy atom. The Morgan fingerprint density at radius 3 is 2.17 bits per heavy atom. The molecule has 0 aliphatic carbocycles. The van der Waals surface area contributed by atoms with Crippen molar-refractivity contribution in [3.05, 3.63) is 70.8 Å². The van der Waals surface area contributed by atoms with Crippen molar-refractivity contribution in [1.82, 2.24) is 16.0 Å². The molecule has 2 aromatic rings. The summed E-state index contributed by atoms with van der Waals surface area (Å²) in [6, 6.07) is 13.3. The third kappa shape index (κ3) is 14.7. The first-order valence-electron chi connectivity index (χ1n) is 20.3. The highest BCUT2D eigenvalue weighted by Crippen LogP contribution is 2.29. The molecule has 5 atom stereocenters. The fraction of sp³-hybridized carbons (Fsp3) is 0.591. The first-order valence-corrected chi connectivity index (χ1v) is 23.2. The number of ether oxygens (including phenoxy) is 4. The molecule has 1 aliphatic heterocycles. The number of cyclic esters (lactones) is 1. The lowest BCUT2D eigenvalue weighted by Crippen LogP contribution is -2.57. The van der Waals surface area contributed by atoms with Gasteiger partial charge in [0, 0.05) is 31.9 Å². The number of carbonyl (C=O) groups is 4. The zero-order valence-corrected chi connectivity index (χ0v) is 37.9. The summed E-state index contributed by atoms with van der Waals surface area (Å²) in [5.74, 6) is -1.13. The van der Waals surface area contributed by atoms with E-state index in [0.717, 1.165) is 29.4 Å². The Kier molecular flexibility index (Phi) is 18.8. The molecule has 322 valence electrons. The SMILES string of the molecule is CC[Si](CC)(CC)OCC1(C)CNC(=O)[C@@H](Cc2ccc(OC)c(Cl)c2)NC(=O)/C=C/C[C@@H](C(C)COCc2ccc(OC)cc2)OC(=O)[C@H](CC(C)(C)C)NC1=O.